The van der Waals surface area contributed by atoms with Gasteiger partial charge in [0.25, 0.3) is 11.8 Å². The molecule has 192 valence electrons. The molecule has 4 amide bonds. The largest absolute Gasteiger partial charge is 0.497 e. The van der Waals surface area contributed by atoms with Gasteiger partial charge in [0, 0.05) is 12.5 Å². The van der Waals surface area contributed by atoms with E-state index in [4.69, 9.17) is 23.4 Å². The number of carbonyl (C=O) groups excluding carboxylic acids is 3. The van der Waals surface area contributed by atoms with Crippen molar-refractivity contribution in [3.05, 3.63) is 77.8 Å². The molecule has 37 heavy (non-hydrogen) atoms. The monoisotopic (exact) mass is 506 g/mol. The number of furan rings is 1. The van der Waals surface area contributed by atoms with Crippen LogP contribution in [0.1, 0.15) is 17.7 Å². The van der Waals surface area contributed by atoms with Gasteiger partial charge < -0.3 is 23.4 Å². The van der Waals surface area contributed by atoms with Crippen LogP contribution in [0.5, 0.6) is 23.0 Å². The van der Waals surface area contributed by atoms with E-state index in [2.05, 4.69) is 5.32 Å². The molecule has 4 rings (SSSR count). The Balaban J connectivity index is 1.38. The van der Waals surface area contributed by atoms with Crippen LogP contribution in [0.2, 0.25) is 0 Å². The Hall–Kier alpha value is -4.73. The van der Waals surface area contributed by atoms with E-state index in [0.717, 1.165) is 10.6 Å². The van der Waals surface area contributed by atoms with Crippen molar-refractivity contribution in [2.45, 2.75) is 13.0 Å². The summed E-state index contributed by atoms with van der Waals surface area (Å²) in [4.78, 5) is 38.4. The molecule has 0 bridgehead atoms. The number of ether oxygens (including phenoxy) is 4. The molecule has 1 saturated heterocycles. The molecular weight excluding hydrogens is 480 g/mol. The lowest BCUT2D eigenvalue weighted by Crippen LogP contribution is -2.53. The van der Waals surface area contributed by atoms with Gasteiger partial charge in [-0.05, 0) is 48.0 Å². The van der Waals surface area contributed by atoms with Gasteiger partial charge in [-0.15, -0.1) is 0 Å². The fourth-order valence-electron chi connectivity index (χ4n) is 3.58. The second-order valence-electron chi connectivity index (χ2n) is 7.93. The summed E-state index contributed by atoms with van der Waals surface area (Å²) in [5.41, 5.74) is 0.341. The molecule has 0 saturated carbocycles. The van der Waals surface area contributed by atoms with Crippen LogP contribution >= 0.6 is 0 Å². The van der Waals surface area contributed by atoms with Crippen LogP contribution in [-0.2, 0) is 16.1 Å². The highest BCUT2D eigenvalue weighted by molar-refractivity contribution is 6.30. The third-order valence-electron chi connectivity index (χ3n) is 5.43. The lowest BCUT2D eigenvalue weighted by molar-refractivity contribution is -0.130. The van der Waals surface area contributed by atoms with Crippen LogP contribution < -0.4 is 24.3 Å². The Morgan fingerprint density at radius 3 is 2.46 bits per heavy atom. The zero-order valence-electron chi connectivity index (χ0n) is 20.4. The van der Waals surface area contributed by atoms with Crippen molar-refractivity contribution in [2.24, 2.45) is 0 Å². The molecule has 1 fully saturated rings. The molecule has 3 aromatic rings. The number of hydrogen-bond acceptors (Lipinski definition) is 8. The quantitative estimate of drug-likeness (QED) is 0.237. The number of barbiturate groups is 1. The molecule has 2 aromatic carbocycles. The molecular formula is C27H26N2O8. The fourth-order valence-corrected chi connectivity index (χ4v) is 3.58. The summed E-state index contributed by atoms with van der Waals surface area (Å²) in [5.74, 6) is 1.27. The zero-order valence-corrected chi connectivity index (χ0v) is 20.4. The molecule has 1 N–H and O–H groups in total. The number of urea groups is 1. The second-order valence-corrected chi connectivity index (χ2v) is 7.93. The molecule has 0 aliphatic carbocycles. The van der Waals surface area contributed by atoms with E-state index in [-0.39, 0.29) is 12.1 Å². The molecule has 10 nitrogen and oxygen atoms in total. The number of rotatable bonds is 11. The minimum atomic E-state index is -0.805. The summed E-state index contributed by atoms with van der Waals surface area (Å²) < 4.78 is 27.4. The van der Waals surface area contributed by atoms with Crippen LogP contribution in [-0.4, -0.2) is 50.2 Å². The SMILES string of the molecule is COc1cccc(OCCCOc2ccc(/C=C3/C(=O)NC(=O)N(Cc4ccco4)C3=O)cc2OC)c1. The van der Waals surface area contributed by atoms with Gasteiger partial charge >= 0.3 is 6.03 Å². The van der Waals surface area contributed by atoms with E-state index in [1.807, 2.05) is 18.2 Å². The fraction of sp³-hybridized carbons (Fsp3) is 0.222. The summed E-state index contributed by atoms with van der Waals surface area (Å²) >= 11 is 0. The zero-order chi connectivity index (χ0) is 26.2. The van der Waals surface area contributed by atoms with Crippen molar-refractivity contribution in [3.8, 4) is 23.0 Å². The standard InChI is InChI=1S/C27H26N2O8/c1-33-19-6-3-7-20(16-19)35-12-5-13-37-23-10-9-18(15-24(23)34-2)14-22-25(30)28-27(32)29(26(22)31)17-21-8-4-11-36-21/h3-4,6-11,14-16H,5,12-13,17H2,1-2H3,(H,28,30,32)/b22-14-. The maximum Gasteiger partial charge on any atom is 0.331 e. The van der Waals surface area contributed by atoms with Gasteiger partial charge in [-0.3, -0.25) is 19.8 Å². The number of carbonyl (C=O) groups is 3. The minimum absolute atomic E-state index is 0.0973. The summed E-state index contributed by atoms with van der Waals surface area (Å²) in [5, 5.41) is 2.18. The van der Waals surface area contributed by atoms with Crippen molar-refractivity contribution in [3.63, 3.8) is 0 Å². The first-order valence-electron chi connectivity index (χ1n) is 11.5. The number of amides is 4. The van der Waals surface area contributed by atoms with Crippen molar-refractivity contribution < 1.29 is 37.7 Å². The highest BCUT2D eigenvalue weighted by Gasteiger charge is 2.36. The van der Waals surface area contributed by atoms with Crippen molar-refractivity contribution >= 4 is 23.9 Å². The Morgan fingerprint density at radius 1 is 0.892 bits per heavy atom. The van der Waals surface area contributed by atoms with E-state index in [9.17, 15) is 14.4 Å². The summed E-state index contributed by atoms with van der Waals surface area (Å²) in [7, 11) is 3.09. The van der Waals surface area contributed by atoms with Gasteiger partial charge in [0.1, 0.15) is 22.8 Å². The summed E-state index contributed by atoms with van der Waals surface area (Å²) in [6.45, 7) is 0.732. The van der Waals surface area contributed by atoms with Crippen molar-refractivity contribution in [1.82, 2.24) is 10.2 Å². The number of hydrogen-bond donors (Lipinski definition) is 1. The second kappa shape index (κ2) is 11.8. The smallest absolute Gasteiger partial charge is 0.331 e. The van der Waals surface area contributed by atoms with Crippen LogP contribution in [0.4, 0.5) is 4.79 Å². The molecule has 1 aliphatic rings. The molecule has 0 radical (unpaired) electrons. The molecule has 0 spiro atoms. The van der Waals surface area contributed by atoms with E-state index < -0.39 is 17.8 Å². The minimum Gasteiger partial charge on any atom is -0.497 e. The molecule has 1 aromatic heterocycles. The molecule has 2 heterocycles. The number of nitrogens with one attached hydrogen (secondary N) is 1. The predicted molar refractivity (Wildman–Crippen MR) is 132 cm³/mol. The van der Waals surface area contributed by atoms with Gasteiger partial charge in [-0.25, -0.2) is 4.79 Å². The van der Waals surface area contributed by atoms with Crippen LogP contribution in [0.25, 0.3) is 6.08 Å². The Kier molecular flexibility index (Phi) is 8.09. The Bertz CT molecular complexity index is 1300. The summed E-state index contributed by atoms with van der Waals surface area (Å²) in [6, 6.07) is 14.8. The molecule has 1 aliphatic heterocycles. The maximum atomic E-state index is 12.9. The van der Waals surface area contributed by atoms with E-state index in [0.29, 0.717) is 48.2 Å². The first-order valence-corrected chi connectivity index (χ1v) is 11.5. The molecule has 0 unspecified atom stereocenters. The first-order chi connectivity index (χ1) is 18.0. The van der Waals surface area contributed by atoms with Crippen LogP contribution in [0.3, 0.4) is 0 Å². The van der Waals surface area contributed by atoms with Gasteiger partial charge in [0.05, 0.1) is 40.2 Å². The lowest BCUT2D eigenvalue weighted by atomic mass is 10.1. The molecule has 10 heteroatoms. The Morgan fingerprint density at radius 2 is 1.70 bits per heavy atom. The van der Waals surface area contributed by atoms with Crippen molar-refractivity contribution in [2.75, 3.05) is 27.4 Å². The third kappa shape index (κ3) is 6.29. The van der Waals surface area contributed by atoms with Gasteiger partial charge in [0.15, 0.2) is 11.5 Å². The number of methoxy groups -OCH3 is 2. The summed E-state index contributed by atoms with van der Waals surface area (Å²) in [6.07, 6.45) is 3.46. The lowest BCUT2D eigenvalue weighted by Gasteiger charge is -2.25. The van der Waals surface area contributed by atoms with Gasteiger partial charge in [-0.1, -0.05) is 12.1 Å². The average Bonchev–Trinajstić information content (AvgIpc) is 3.43. The molecule has 0 atom stereocenters. The average molecular weight is 507 g/mol. The third-order valence-corrected chi connectivity index (χ3v) is 5.43. The van der Waals surface area contributed by atoms with E-state index in [1.165, 1.54) is 19.4 Å². The first kappa shape index (κ1) is 25.4. The topological polar surface area (TPSA) is 117 Å². The van der Waals surface area contributed by atoms with E-state index in [1.54, 1.807) is 43.5 Å². The normalized spacial score (nSPS) is 14.5. The number of imide groups is 2. The highest BCUT2D eigenvalue weighted by Crippen LogP contribution is 2.30. The highest BCUT2D eigenvalue weighted by atomic mass is 16.5. The van der Waals surface area contributed by atoms with Crippen LogP contribution in [0.15, 0.2) is 70.9 Å². The van der Waals surface area contributed by atoms with Gasteiger partial charge in [0.2, 0.25) is 0 Å². The van der Waals surface area contributed by atoms with Gasteiger partial charge in [-0.2, -0.15) is 0 Å². The van der Waals surface area contributed by atoms with Crippen LogP contribution in [0, 0.1) is 0 Å². The van der Waals surface area contributed by atoms with E-state index >= 15 is 0 Å². The maximum absolute atomic E-state index is 12.9. The Labute approximate surface area is 213 Å². The predicted octanol–water partition coefficient (Wildman–Crippen LogP) is 3.81. The number of nitrogens with zero attached hydrogens (tertiary/aromatic N) is 1. The van der Waals surface area contributed by atoms with Crippen molar-refractivity contribution in [1.29, 1.82) is 0 Å². The number of benzene rings is 2.